The molecule has 3 heteroatoms. The van der Waals surface area contributed by atoms with Gasteiger partial charge in [-0.25, -0.2) is 0 Å². The molecule has 472 valence electrons. The van der Waals surface area contributed by atoms with Crippen molar-refractivity contribution >= 4 is 11.3 Å². The lowest BCUT2D eigenvalue weighted by Gasteiger charge is -2.55. The topological polar surface area (TPSA) is 9.72 Å². The van der Waals surface area contributed by atoms with Crippen LogP contribution in [-0.4, -0.2) is 40.0 Å². The lowest BCUT2D eigenvalue weighted by molar-refractivity contribution is 0.0297. The molecule has 13 aliphatic rings. The normalized spacial score (nSPS) is 35.0. The van der Waals surface area contributed by atoms with E-state index in [1.165, 1.54) is 145 Å². The van der Waals surface area contributed by atoms with E-state index in [0.717, 1.165) is 50.9 Å². The molecule has 0 bridgehead atoms. The first-order valence-electron chi connectivity index (χ1n) is 37.1. The van der Waals surface area contributed by atoms with E-state index in [1.807, 2.05) is 5.57 Å². The molecule has 1 aromatic rings. The predicted octanol–water partition coefficient (Wildman–Crippen LogP) is 22.5. The molecular weight excluding hydrogens is 1070 g/mol. The Balaban J connectivity index is 1.01. The summed E-state index contributed by atoms with van der Waals surface area (Å²) in [7, 11) is 0. The number of fused-ring (bicyclic) bond motifs is 3. The molecule has 0 spiro atoms. The van der Waals surface area contributed by atoms with E-state index < -0.39 is 0 Å². The molecule has 0 aromatic heterocycles. The van der Waals surface area contributed by atoms with E-state index in [2.05, 4.69) is 215 Å². The van der Waals surface area contributed by atoms with Gasteiger partial charge in [0.15, 0.2) is 0 Å². The predicted molar refractivity (Wildman–Crippen MR) is 379 cm³/mol. The molecule has 2 fully saturated rings. The molecule has 14 rings (SSSR count). The Kier molecular flexibility index (Phi) is 18.3. The second-order valence-electron chi connectivity index (χ2n) is 32.7. The number of nitrogens with zero attached hydrogens (tertiary/aromatic N) is 3. The largest absolute Gasteiger partial charge is 0.341 e. The lowest BCUT2D eigenvalue weighted by Crippen LogP contribution is -2.58. The minimum Gasteiger partial charge on any atom is -0.341 e. The second-order valence-corrected chi connectivity index (χ2v) is 32.7. The van der Waals surface area contributed by atoms with E-state index in [4.69, 9.17) is 0 Å². The Bertz CT molecular complexity index is 3250. The Morgan fingerprint density at radius 2 is 1.34 bits per heavy atom. The van der Waals surface area contributed by atoms with Gasteiger partial charge in [-0.3, -0.25) is 4.90 Å². The lowest BCUT2D eigenvalue weighted by atomic mass is 9.60. The summed E-state index contributed by atoms with van der Waals surface area (Å²) in [5, 5.41) is 0. The zero-order valence-electron chi connectivity index (χ0n) is 56.3. The summed E-state index contributed by atoms with van der Waals surface area (Å²) in [6.07, 6.45) is 87.2. The maximum Gasteiger partial charge on any atom is 0.0632 e. The van der Waals surface area contributed by atoms with E-state index in [0.29, 0.717) is 65.3 Å². The van der Waals surface area contributed by atoms with Crippen LogP contribution in [0.25, 0.3) is 5.57 Å². The van der Waals surface area contributed by atoms with Gasteiger partial charge in [-0.05, 0) is 226 Å². The molecule has 3 nitrogen and oxygen atoms in total. The van der Waals surface area contributed by atoms with Crippen molar-refractivity contribution in [1.82, 2.24) is 9.80 Å². The first-order chi connectivity index (χ1) is 43.3. The third-order valence-electron chi connectivity index (χ3n) is 25.4. The minimum atomic E-state index is 0.177. The second kappa shape index (κ2) is 26.5. The van der Waals surface area contributed by atoms with Crippen LogP contribution >= 0.6 is 0 Å². The summed E-state index contributed by atoms with van der Waals surface area (Å²) in [4.78, 5) is 9.45. The Labute approximate surface area is 540 Å². The van der Waals surface area contributed by atoms with Crippen molar-refractivity contribution in [2.75, 3.05) is 4.90 Å². The number of hydrogen-bond acceptors (Lipinski definition) is 3. The molecule has 14 unspecified atom stereocenters. The standard InChI is InChI=1S/C86H113N3/c1-59-28-20-23-39-74(59)80-55-68(86(5,6)7)54-79(66-37-21-22-38-66)84(80)88(70-50-46-63(47-51-70)61-31-14-9-15-32-61)72-56-71(57-73(58-72)89-81-42-26-24-40-75(81)76-41-25-27-43-82(76)89)87(69-48-44-62(45-49-69)60-29-12-8-13-30-60)83-77(64-33-16-10-17-34-64)52-67(85(2,3)4)53-78(83)65-35-18-11-19-36-65/h8-10,12,14-16,24-27,29,31,35,40-42,44,46,48,50,52,55,57-59,61,63-64,66-68,70,72,74,78-79,82-84H,11,13,17-23,28,30,32-34,36-39,43,45,47,49,51,53-54,56H2,1-7H3. The highest BCUT2D eigenvalue weighted by molar-refractivity contribution is 5.91. The number of rotatable bonds is 13. The molecule has 12 aliphatic carbocycles. The van der Waals surface area contributed by atoms with Gasteiger partial charge in [-0.15, -0.1) is 0 Å². The summed E-state index contributed by atoms with van der Waals surface area (Å²) < 4.78 is 0. The summed E-state index contributed by atoms with van der Waals surface area (Å²) in [6.45, 7) is 18.2. The van der Waals surface area contributed by atoms with Crippen molar-refractivity contribution < 1.29 is 0 Å². The number of benzene rings is 1. The Morgan fingerprint density at radius 1 is 0.539 bits per heavy atom. The van der Waals surface area contributed by atoms with Crippen LogP contribution in [0.3, 0.4) is 0 Å². The monoisotopic (exact) mass is 1190 g/mol. The van der Waals surface area contributed by atoms with Crippen LogP contribution < -0.4 is 4.90 Å². The molecule has 14 atom stereocenters. The van der Waals surface area contributed by atoms with Crippen molar-refractivity contribution in [2.24, 2.45) is 70.0 Å². The summed E-state index contributed by atoms with van der Waals surface area (Å²) in [5.74, 6) is 6.06. The molecule has 0 saturated heterocycles. The highest BCUT2D eigenvalue weighted by Crippen LogP contribution is 2.57. The fourth-order valence-corrected chi connectivity index (χ4v) is 20.4. The van der Waals surface area contributed by atoms with Crippen LogP contribution in [0.1, 0.15) is 221 Å². The number of allylic oxidation sites excluding steroid dienone is 21. The van der Waals surface area contributed by atoms with Gasteiger partial charge in [-0.1, -0.05) is 232 Å². The average molecular weight is 1190 g/mol. The zero-order valence-corrected chi connectivity index (χ0v) is 56.3. The van der Waals surface area contributed by atoms with Crippen LogP contribution in [0, 0.1) is 70.0 Å². The van der Waals surface area contributed by atoms with Gasteiger partial charge in [0.05, 0.1) is 12.1 Å². The number of para-hydroxylation sites is 1. The highest BCUT2D eigenvalue weighted by Gasteiger charge is 2.52. The van der Waals surface area contributed by atoms with Gasteiger partial charge in [0.25, 0.3) is 0 Å². The van der Waals surface area contributed by atoms with Gasteiger partial charge < -0.3 is 9.80 Å². The van der Waals surface area contributed by atoms with Gasteiger partial charge in [0.2, 0.25) is 0 Å². The summed E-state index contributed by atoms with van der Waals surface area (Å²) in [5.41, 5.74) is 17.9. The quantitative estimate of drug-likeness (QED) is 0.182. The summed E-state index contributed by atoms with van der Waals surface area (Å²) in [6, 6.07) is 11.1. The fourth-order valence-electron chi connectivity index (χ4n) is 20.4. The van der Waals surface area contributed by atoms with Crippen LogP contribution in [0.4, 0.5) is 5.69 Å². The van der Waals surface area contributed by atoms with Crippen LogP contribution in [0.2, 0.25) is 0 Å². The SMILES string of the molecule is CC1CCCCC1C1=CC(C(C)(C)C)CC(C2CCCC2)C1N(C1C=CC(C2C=CC=CC2)CC1)C1C=C(N2c3ccccc3C3=CC=CCC32)C=C(N(C2=CC=C(C3=CC=CCC3)CC2)C2C(C3CC=CCC3)=CC(C(C)(C)C)CC2C2=CCCCC2)C1. The van der Waals surface area contributed by atoms with Crippen LogP contribution in [0.5, 0.6) is 0 Å². The molecule has 1 aliphatic heterocycles. The third-order valence-corrected chi connectivity index (χ3v) is 25.4. The molecule has 1 heterocycles. The first-order valence-corrected chi connectivity index (χ1v) is 37.1. The first kappa shape index (κ1) is 61.4. The smallest absolute Gasteiger partial charge is 0.0632 e. The molecule has 0 amide bonds. The third kappa shape index (κ3) is 12.7. The number of hydrogen-bond donors (Lipinski definition) is 0. The molecule has 1 aromatic carbocycles. The number of anilines is 1. The van der Waals surface area contributed by atoms with Gasteiger partial charge in [0, 0.05) is 58.8 Å². The average Bonchev–Trinajstić information content (AvgIpc) is 1.76. The summed E-state index contributed by atoms with van der Waals surface area (Å²) >= 11 is 0. The van der Waals surface area contributed by atoms with Crippen molar-refractivity contribution in [3.8, 4) is 0 Å². The van der Waals surface area contributed by atoms with E-state index in [-0.39, 0.29) is 29.0 Å². The molecular formula is C86H113N3. The minimum absolute atomic E-state index is 0.177. The van der Waals surface area contributed by atoms with Crippen molar-refractivity contribution in [3.63, 3.8) is 0 Å². The zero-order chi connectivity index (χ0) is 60.8. The van der Waals surface area contributed by atoms with Crippen LogP contribution in [0.15, 0.2) is 197 Å². The van der Waals surface area contributed by atoms with Crippen molar-refractivity contribution in [2.45, 2.75) is 246 Å². The Morgan fingerprint density at radius 3 is 2.07 bits per heavy atom. The van der Waals surface area contributed by atoms with E-state index >= 15 is 0 Å². The van der Waals surface area contributed by atoms with Crippen molar-refractivity contribution in [1.29, 1.82) is 0 Å². The molecule has 2 saturated carbocycles. The van der Waals surface area contributed by atoms with Gasteiger partial charge in [0.1, 0.15) is 0 Å². The van der Waals surface area contributed by atoms with Gasteiger partial charge in [-0.2, -0.15) is 0 Å². The fraction of sp³-hybridized carbons (Fsp3) is 0.581. The van der Waals surface area contributed by atoms with E-state index in [9.17, 15) is 0 Å². The highest BCUT2D eigenvalue weighted by atomic mass is 15.3. The van der Waals surface area contributed by atoms with Crippen molar-refractivity contribution in [3.05, 3.63) is 202 Å². The molecule has 0 radical (unpaired) electrons. The maximum atomic E-state index is 3.37. The molecule has 0 N–H and O–H groups in total. The van der Waals surface area contributed by atoms with Gasteiger partial charge >= 0.3 is 0 Å². The maximum absolute atomic E-state index is 3.37. The van der Waals surface area contributed by atoms with E-state index in [1.54, 1.807) is 33.7 Å². The molecule has 89 heavy (non-hydrogen) atoms. The van der Waals surface area contributed by atoms with Crippen LogP contribution in [-0.2, 0) is 0 Å². The Hall–Kier alpha value is -5.12.